The average Bonchev–Trinajstić information content (AvgIpc) is 1.23. The molecule has 0 fully saturated rings. The molecule has 0 aliphatic carbocycles. The molecule has 10 heteroatoms. The van der Waals surface area contributed by atoms with E-state index in [9.17, 15) is 19.0 Å². The number of phosphoric ester groups is 1. The maximum absolute atomic E-state index is 12.9. The van der Waals surface area contributed by atoms with Crippen LogP contribution in [0.1, 0.15) is 258 Å². The molecule has 98 heavy (non-hydrogen) atoms. The molecule has 0 saturated heterocycles. The zero-order valence-electron chi connectivity index (χ0n) is 62.4. The highest BCUT2D eigenvalue weighted by Crippen LogP contribution is 2.43. The molecule has 0 spiro atoms. The molecule has 2 atom stereocenters. The van der Waals surface area contributed by atoms with Gasteiger partial charge in [-0.2, -0.15) is 0 Å². The molecule has 0 radical (unpaired) electrons. The first-order chi connectivity index (χ1) is 48.0. The summed E-state index contributed by atoms with van der Waals surface area (Å²) < 4.78 is 34.7. The fraction of sp³-hybridized carbons (Fsp3) is 0.545. The van der Waals surface area contributed by atoms with Crippen molar-refractivity contribution in [2.75, 3.05) is 47.5 Å². The van der Waals surface area contributed by atoms with Gasteiger partial charge in [0, 0.05) is 12.8 Å². The first-order valence-corrected chi connectivity index (χ1v) is 39.6. The minimum Gasteiger partial charge on any atom is -0.462 e. The summed E-state index contributed by atoms with van der Waals surface area (Å²) in [6.07, 6.45) is 122. The summed E-state index contributed by atoms with van der Waals surface area (Å²) in [6, 6.07) is 0. The van der Waals surface area contributed by atoms with Crippen molar-refractivity contribution in [3.63, 3.8) is 0 Å². The van der Waals surface area contributed by atoms with Crippen LogP contribution in [0.2, 0.25) is 0 Å². The van der Waals surface area contributed by atoms with Gasteiger partial charge in [-0.1, -0.05) is 315 Å². The second-order valence-corrected chi connectivity index (χ2v) is 27.0. The largest absolute Gasteiger partial charge is 0.472 e. The molecule has 0 aromatic carbocycles. The Morgan fingerprint density at radius 2 is 0.551 bits per heavy atom. The Hall–Kier alpha value is -5.93. The average molecular weight is 1370 g/mol. The van der Waals surface area contributed by atoms with Crippen LogP contribution in [-0.4, -0.2) is 74.9 Å². The summed E-state index contributed by atoms with van der Waals surface area (Å²) in [5.74, 6) is -0.841. The fourth-order valence-corrected chi connectivity index (χ4v) is 10.2. The molecule has 0 aliphatic heterocycles. The van der Waals surface area contributed by atoms with Crippen LogP contribution in [0.5, 0.6) is 0 Å². The Kier molecular flexibility index (Phi) is 70.7. The molecule has 0 amide bonds. The van der Waals surface area contributed by atoms with E-state index in [-0.39, 0.29) is 32.0 Å². The molecule has 0 aromatic heterocycles. The van der Waals surface area contributed by atoms with Crippen molar-refractivity contribution in [3.05, 3.63) is 231 Å². The van der Waals surface area contributed by atoms with Crippen LogP contribution in [0.25, 0.3) is 0 Å². The number of ether oxygens (including phenoxy) is 2. The quantitative estimate of drug-likeness (QED) is 0.0211. The van der Waals surface area contributed by atoms with E-state index >= 15 is 0 Å². The Labute approximate surface area is 600 Å². The zero-order valence-corrected chi connectivity index (χ0v) is 63.3. The normalized spacial score (nSPS) is 14.4. The molecular weight excluding hydrogens is 1230 g/mol. The van der Waals surface area contributed by atoms with E-state index in [4.69, 9.17) is 18.5 Å². The molecule has 2 unspecified atom stereocenters. The number of rotatable bonds is 67. The highest BCUT2D eigenvalue weighted by atomic mass is 31.2. The maximum Gasteiger partial charge on any atom is 0.472 e. The summed E-state index contributed by atoms with van der Waals surface area (Å²) in [6.45, 7) is 4.15. The summed E-state index contributed by atoms with van der Waals surface area (Å²) in [5, 5.41) is 0. The van der Waals surface area contributed by atoms with Gasteiger partial charge in [0.1, 0.15) is 19.8 Å². The smallest absolute Gasteiger partial charge is 0.462 e. The maximum atomic E-state index is 12.9. The third-order valence-electron chi connectivity index (χ3n) is 15.2. The Morgan fingerprint density at radius 1 is 0.316 bits per heavy atom. The molecule has 0 rings (SSSR count). The zero-order chi connectivity index (χ0) is 71.1. The molecule has 0 aromatic rings. The predicted molar refractivity (Wildman–Crippen MR) is 426 cm³/mol. The first kappa shape index (κ1) is 92.1. The molecule has 0 aliphatic rings. The highest BCUT2D eigenvalue weighted by Gasteiger charge is 2.27. The van der Waals surface area contributed by atoms with Crippen molar-refractivity contribution in [2.24, 2.45) is 0 Å². The number of esters is 2. The topological polar surface area (TPSA) is 108 Å². The highest BCUT2D eigenvalue weighted by molar-refractivity contribution is 7.47. The number of hydrogen-bond donors (Lipinski definition) is 1. The van der Waals surface area contributed by atoms with Crippen molar-refractivity contribution in [1.29, 1.82) is 0 Å². The summed E-state index contributed by atoms with van der Waals surface area (Å²) in [4.78, 5) is 36.0. The molecule has 1 N–H and O–H groups in total. The number of unbranched alkanes of at least 4 members (excludes halogenated alkanes) is 15. The lowest BCUT2D eigenvalue weighted by molar-refractivity contribution is -0.870. The molecule has 0 saturated carbocycles. The van der Waals surface area contributed by atoms with Crippen LogP contribution < -0.4 is 0 Å². The van der Waals surface area contributed by atoms with Gasteiger partial charge in [-0.25, -0.2) is 4.57 Å². The van der Waals surface area contributed by atoms with Crippen molar-refractivity contribution in [2.45, 2.75) is 264 Å². The molecule has 0 heterocycles. The monoisotopic (exact) mass is 1370 g/mol. The number of phosphoric acid groups is 1. The number of nitrogens with zero attached hydrogens (tertiary/aromatic N) is 1. The molecular formula is C88H139NO8P+. The SMILES string of the molecule is CC/C=C\C/C=C\C/C=C\C/C=C\C/C=C\C/C=C\C/C=C\C/C=C\C/C=C\C/C=C\C/C=C\CCCCCCCC(=O)OC(COC(=O)CCCCCCCCCCCC/C=C\C/C=C\C/C=C\C/C=C\C/C=C\C/C=C\C/C=C\C/C=C\CC)COP(=O)(O)OCC[N+](C)(C)C. The van der Waals surface area contributed by atoms with Gasteiger partial charge in [0.15, 0.2) is 6.10 Å². The summed E-state index contributed by atoms with van der Waals surface area (Å²) in [5.41, 5.74) is 0. The van der Waals surface area contributed by atoms with Crippen LogP contribution in [0.3, 0.4) is 0 Å². The van der Waals surface area contributed by atoms with Crippen LogP contribution in [0, 0.1) is 0 Å². The minimum absolute atomic E-state index is 0.0143. The van der Waals surface area contributed by atoms with Gasteiger partial charge in [0.25, 0.3) is 0 Å². The lowest BCUT2D eigenvalue weighted by Gasteiger charge is -2.24. The number of likely N-dealkylation sites (N-methyl/N-ethyl adjacent to an activating group) is 1. The second-order valence-electron chi connectivity index (χ2n) is 25.6. The third-order valence-corrected chi connectivity index (χ3v) is 16.2. The van der Waals surface area contributed by atoms with E-state index in [0.29, 0.717) is 17.4 Å². The van der Waals surface area contributed by atoms with Gasteiger partial charge >= 0.3 is 19.8 Å². The van der Waals surface area contributed by atoms with Crippen LogP contribution in [0.4, 0.5) is 0 Å². The van der Waals surface area contributed by atoms with E-state index in [0.717, 1.165) is 186 Å². The number of hydrogen-bond acceptors (Lipinski definition) is 7. The van der Waals surface area contributed by atoms with Gasteiger partial charge in [-0.05, 0) is 161 Å². The van der Waals surface area contributed by atoms with E-state index < -0.39 is 26.5 Å². The molecule has 548 valence electrons. The number of allylic oxidation sites excluding steroid dienone is 38. The van der Waals surface area contributed by atoms with Crippen molar-refractivity contribution in [3.8, 4) is 0 Å². The van der Waals surface area contributed by atoms with Crippen LogP contribution in [0.15, 0.2) is 231 Å². The van der Waals surface area contributed by atoms with Gasteiger partial charge in [-0.15, -0.1) is 0 Å². The van der Waals surface area contributed by atoms with Crippen LogP contribution >= 0.6 is 7.82 Å². The Balaban J connectivity index is 4.17. The van der Waals surface area contributed by atoms with Gasteiger partial charge in [-0.3, -0.25) is 18.6 Å². The lowest BCUT2D eigenvalue weighted by Crippen LogP contribution is -2.37. The number of carbonyl (C=O) groups excluding carboxylic acids is 2. The van der Waals surface area contributed by atoms with E-state index in [1.807, 2.05) is 21.1 Å². The summed E-state index contributed by atoms with van der Waals surface area (Å²) in [7, 11) is 1.43. The third kappa shape index (κ3) is 79.1. The van der Waals surface area contributed by atoms with Crippen molar-refractivity contribution in [1.82, 2.24) is 0 Å². The standard InChI is InChI=1S/C88H138NO8P/c1-6-8-10-12-14-16-18-20-22-24-26-28-30-32-34-36-38-40-42-43-44-45-47-49-51-53-55-57-59-61-63-65-67-69-71-73-75-77-79-81-88(91)97-86(85-96-98(92,93)95-83-82-89(3,4)5)84-94-87(90)80-78-76-74-72-70-68-66-64-62-60-58-56-54-52-50-48-46-41-39-37-35-33-31-29-27-25-23-21-19-17-15-13-11-9-7-2/h8-11,14-17,20-23,26-29,32-35,38-41,43-44,47-50,53-56,59,61,65,67,86H,6-7,12-13,18-19,24-25,30-31,36-37,42,45-46,51-52,57-58,60,62-64,66,68-85H2,1-5H3/p+1/b10-8-,11-9-,16-14-,17-15-,22-20-,23-21-,28-26-,29-27-,34-32-,35-33-,40-38-,41-39-,44-43-,49-47-,50-48-,55-53-,56-54-,61-59-,67-65-. The minimum atomic E-state index is -4.42. The summed E-state index contributed by atoms with van der Waals surface area (Å²) >= 11 is 0. The van der Waals surface area contributed by atoms with Gasteiger partial charge < -0.3 is 18.9 Å². The van der Waals surface area contributed by atoms with Crippen molar-refractivity contribution < 1.29 is 42.1 Å². The van der Waals surface area contributed by atoms with E-state index in [2.05, 4.69) is 245 Å². The Morgan fingerprint density at radius 3 is 0.816 bits per heavy atom. The van der Waals surface area contributed by atoms with Gasteiger partial charge in [0.2, 0.25) is 0 Å². The van der Waals surface area contributed by atoms with E-state index in [1.165, 1.54) is 38.5 Å². The first-order valence-electron chi connectivity index (χ1n) is 38.1. The predicted octanol–water partition coefficient (Wildman–Crippen LogP) is 25.7. The molecule has 0 bridgehead atoms. The number of quaternary nitrogens is 1. The van der Waals surface area contributed by atoms with Crippen molar-refractivity contribution >= 4 is 19.8 Å². The molecule has 9 nitrogen and oxygen atoms in total. The Bertz CT molecular complexity index is 2510. The fourth-order valence-electron chi connectivity index (χ4n) is 9.45. The second kappa shape index (κ2) is 75.3. The number of carbonyl (C=O) groups is 2. The lowest BCUT2D eigenvalue weighted by atomic mass is 10.1. The van der Waals surface area contributed by atoms with E-state index in [1.54, 1.807) is 0 Å². The van der Waals surface area contributed by atoms with Crippen LogP contribution in [-0.2, 0) is 32.7 Å². The van der Waals surface area contributed by atoms with Gasteiger partial charge in [0.05, 0.1) is 27.7 Å².